The van der Waals surface area contributed by atoms with E-state index in [1.165, 1.54) is 0 Å². The fraction of sp³-hybridized carbons (Fsp3) is 0.643. The maximum Gasteiger partial charge on any atom is 0.151 e. The average molecular weight is 261 g/mol. The lowest BCUT2D eigenvalue weighted by molar-refractivity contribution is 0.462. The third-order valence-corrected chi connectivity index (χ3v) is 3.31. The van der Waals surface area contributed by atoms with Crippen LogP contribution in [0.4, 0.5) is 0 Å². The first-order chi connectivity index (χ1) is 9.02. The zero-order valence-corrected chi connectivity index (χ0v) is 12.5. The highest BCUT2D eigenvalue weighted by Crippen LogP contribution is 2.18. The minimum absolute atomic E-state index is 0.117. The highest BCUT2D eigenvalue weighted by Gasteiger charge is 2.18. The predicted octanol–water partition coefficient (Wildman–Crippen LogP) is 2.81. The van der Waals surface area contributed by atoms with Gasteiger partial charge in [0.15, 0.2) is 5.82 Å². The molecule has 19 heavy (non-hydrogen) atoms. The second-order valence-corrected chi connectivity index (χ2v) is 5.14. The number of nitrogens with zero attached hydrogens (tertiary/aromatic N) is 5. The van der Waals surface area contributed by atoms with Crippen molar-refractivity contribution < 1.29 is 0 Å². The van der Waals surface area contributed by atoms with Crippen LogP contribution in [0.2, 0.25) is 0 Å². The zero-order valence-electron chi connectivity index (χ0n) is 12.5. The number of aromatic nitrogens is 5. The van der Waals surface area contributed by atoms with Crippen LogP contribution in [0.1, 0.15) is 55.8 Å². The summed E-state index contributed by atoms with van der Waals surface area (Å²) in [4.78, 5) is 4.58. The molecule has 0 bridgehead atoms. The van der Waals surface area contributed by atoms with Gasteiger partial charge in [0, 0.05) is 12.2 Å². The fourth-order valence-corrected chi connectivity index (χ4v) is 2.40. The molecule has 0 aromatic carbocycles. The number of aryl methyl sites for hydroxylation is 4. The van der Waals surface area contributed by atoms with E-state index >= 15 is 0 Å². The van der Waals surface area contributed by atoms with Crippen molar-refractivity contribution in [2.24, 2.45) is 0 Å². The Kier molecular flexibility index (Phi) is 4.02. The molecule has 0 amide bonds. The molecule has 0 fully saturated rings. The Balaban J connectivity index is 2.32. The summed E-state index contributed by atoms with van der Waals surface area (Å²) in [7, 11) is 0. The van der Waals surface area contributed by atoms with Gasteiger partial charge in [0.1, 0.15) is 11.9 Å². The van der Waals surface area contributed by atoms with Crippen LogP contribution in [-0.2, 0) is 6.54 Å². The van der Waals surface area contributed by atoms with E-state index in [2.05, 4.69) is 42.0 Å². The SMILES string of the molecule is CCCCn1nc(C)nc1C(C)n1nc(C)cc1C. The van der Waals surface area contributed by atoms with Crippen molar-refractivity contribution in [1.82, 2.24) is 24.5 Å². The van der Waals surface area contributed by atoms with Gasteiger partial charge in [-0.3, -0.25) is 4.68 Å². The molecule has 0 aliphatic carbocycles. The Morgan fingerprint density at radius 2 is 1.95 bits per heavy atom. The molecule has 0 aliphatic rings. The second-order valence-electron chi connectivity index (χ2n) is 5.14. The maximum absolute atomic E-state index is 4.58. The van der Waals surface area contributed by atoms with Gasteiger partial charge in [-0.2, -0.15) is 10.2 Å². The van der Waals surface area contributed by atoms with Crippen LogP contribution in [0.15, 0.2) is 6.07 Å². The van der Waals surface area contributed by atoms with Gasteiger partial charge in [0.25, 0.3) is 0 Å². The Bertz CT molecular complexity index is 552. The molecule has 0 spiro atoms. The van der Waals surface area contributed by atoms with Crippen LogP contribution in [0.3, 0.4) is 0 Å². The molecule has 1 unspecified atom stereocenters. The molecule has 0 radical (unpaired) electrons. The molecule has 2 aromatic heterocycles. The van der Waals surface area contributed by atoms with Crippen molar-refractivity contribution in [1.29, 1.82) is 0 Å². The van der Waals surface area contributed by atoms with Crippen LogP contribution in [0.25, 0.3) is 0 Å². The van der Waals surface area contributed by atoms with Crippen LogP contribution in [0.5, 0.6) is 0 Å². The predicted molar refractivity (Wildman–Crippen MR) is 75.2 cm³/mol. The zero-order chi connectivity index (χ0) is 14.0. The third-order valence-electron chi connectivity index (χ3n) is 3.31. The number of rotatable bonds is 5. The molecule has 2 rings (SSSR count). The largest absolute Gasteiger partial charge is 0.259 e. The summed E-state index contributed by atoms with van der Waals surface area (Å²) in [6.45, 7) is 11.3. The van der Waals surface area contributed by atoms with Crippen LogP contribution in [0, 0.1) is 20.8 Å². The van der Waals surface area contributed by atoms with Gasteiger partial charge >= 0.3 is 0 Å². The first-order valence-corrected chi connectivity index (χ1v) is 6.97. The highest BCUT2D eigenvalue weighted by atomic mass is 15.4. The molecular weight excluding hydrogens is 238 g/mol. The van der Waals surface area contributed by atoms with Gasteiger partial charge in [-0.25, -0.2) is 9.67 Å². The van der Waals surface area contributed by atoms with E-state index < -0.39 is 0 Å². The maximum atomic E-state index is 4.58. The fourth-order valence-electron chi connectivity index (χ4n) is 2.40. The monoisotopic (exact) mass is 261 g/mol. The van der Waals surface area contributed by atoms with Gasteiger partial charge in [-0.15, -0.1) is 0 Å². The minimum Gasteiger partial charge on any atom is -0.259 e. The summed E-state index contributed by atoms with van der Waals surface area (Å²) < 4.78 is 4.06. The van der Waals surface area contributed by atoms with E-state index in [4.69, 9.17) is 0 Å². The number of hydrogen-bond donors (Lipinski definition) is 0. The molecule has 1 atom stereocenters. The summed E-state index contributed by atoms with van der Waals surface area (Å²) in [5.74, 6) is 1.83. The van der Waals surface area contributed by atoms with E-state index in [0.717, 1.165) is 42.4 Å². The van der Waals surface area contributed by atoms with E-state index in [1.807, 2.05) is 23.2 Å². The van der Waals surface area contributed by atoms with Crippen molar-refractivity contribution in [3.63, 3.8) is 0 Å². The summed E-state index contributed by atoms with van der Waals surface area (Å²) in [6, 6.07) is 2.21. The molecule has 0 saturated carbocycles. The summed E-state index contributed by atoms with van der Waals surface area (Å²) in [5.41, 5.74) is 2.20. The van der Waals surface area contributed by atoms with Gasteiger partial charge in [-0.05, 0) is 40.2 Å². The van der Waals surface area contributed by atoms with Gasteiger partial charge in [0.05, 0.1) is 5.69 Å². The summed E-state index contributed by atoms with van der Waals surface area (Å²) in [5, 5.41) is 9.05. The lowest BCUT2D eigenvalue weighted by Gasteiger charge is -2.14. The number of hydrogen-bond acceptors (Lipinski definition) is 3. The first-order valence-electron chi connectivity index (χ1n) is 6.97. The average Bonchev–Trinajstić information content (AvgIpc) is 2.88. The van der Waals surface area contributed by atoms with Gasteiger partial charge < -0.3 is 0 Å². The lowest BCUT2D eigenvalue weighted by atomic mass is 10.3. The van der Waals surface area contributed by atoms with Crippen molar-refractivity contribution in [2.45, 2.75) is 60.0 Å². The molecule has 0 saturated heterocycles. The van der Waals surface area contributed by atoms with Crippen molar-refractivity contribution >= 4 is 0 Å². The Hall–Kier alpha value is -1.65. The molecule has 5 nitrogen and oxygen atoms in total. The van der Waals surface area contributed by atoms with E-state index in [0.29, 0.717) is 0 Å². The van der Waals surface area contributed by atoms with Gasteiger partial charge in [0.2, 0.25) is 0 Å². The molecule has 2 aromatic rings. The van der Waals surface area contributed by atoms with Gasteiger partial charge in [-0.1, -0.05) is 13.3 Å². The lowest BCUT2D eigenvalue weighted by Crippen LogP contribution is -2.17. The van der Waals surface area contributed by atoms with E-state index in [9.17, 15) is 0 Å². The topological polar surface area (TPSA) is 48.5 Å². The highest BCUT2D eigenvalue weighted by molar-refractivity contribution is 5.10. The summed E-state index contributed by atoms with van der Waals surface area (Å²) >= 11 is 0. The third kappa shape index (κ3) is 2.85. The molecule has 2 heterocycles. The smallest absolute Gasteiger partial charge is 0.151 e. The molecule has 5 heteroatoms. The summed E-state index contributed by atoms with van der Waals surface area (Å²) in [6.07, 6.45) is 2.28. The van der Waals surface area contributed by atoms with Crippen molar-refractivity contribution in [2.75, 3.05) is 0 Å². The second kappa shape index (κ2) is 5.55. The van der Waals surface area contributed by atoms with E-state index in [1.54, 1.807) is 0 Å². The molecule has 0 aliphatic heterocycles. The first kappa shape index (κ1) is 13.8. The minimum atomic E-state index is 0.117. The van der Waals surface area contributed by atoms with Crippen LogP contribution >= 0.6 is 0 Å². The Morgan fingerprint density at radius 3 is 2.53 bits per heavy atom. The molecule has 104 valence electrons. The Morgan fingerprint density at radius 1 is 1.21 bits per heavy atom. The van der Waals surface area contributed by atoms with Crippen LogP contribution in [-0.4, -0.2) is 24.5 Å². The van der Waals surface area contributed by atoms with E-state index in [-0.39, 0.29) is 6.04 Å². The quantitative estimate of drug-likeness (QED) is 0.831. The molecular formula is C14H23N5. The standard InChI is InChI=1S/C14H23N5/c1-6-7-8-18-14(15-13(5)17-18)12(4)19-11(3)9-10(2)16-19/h9,12H,6-8H2,1-5H3. The van der Waals surface area contributed by atoms with Crippen molar-refractivity contribution in [3.05, 3.63) is 29.1 Å². The van der Waals surface area contributed by atoms with Crippen molar-refractivity contribution in [3.8, 4) is 0 Å². The molecule has 0 N–H and O–H groups in total. The Labute approximate surface area is 114 Å². The normalized spacial score (nSPS) is 12.9. The van der Waals surface area contributed by atoms with Crippen LogP contribution < -0.4 is 0 Å². The number of unbranched alkanes of at least 4 members (excludes halogenated alkanes) is 1.